The normalized spacial score (nSPS) is 29.9. The summed E-state index contributed by atoms with van der Waals surface area (Å²) in [6.07, 6.45) is 21.9. The Kier molecular flexibility index (Phi) is 5.28. The summed E-state index contributed by atoms with van der Waals surface area (Å²) < 4.78 is 0. The van der Waals surface area contributed by atoms with Gasteiger partial charge in [0.05, 0.1) is 0 Å². The predicted molar refractivity (Wildman–Crippen MR) is 99.3 cm³/mol. The van der Waals surface area contributed by atoms with Crippen molar-refractivity contribution in [2.75, 3.05) is 6.66 Å². The van der Waals surface area contributed by atoms with Crippen molar-refractivity contribution in [1.82, 2.24) is 0 Å². The molecule has 0 radical (unpaired) electrons. The Hall–Kier alpha value is 0.720. The van der Waals surface area contributed by atoms with E-state index in [0.29, 0.717) is 0 Å². The van der Waals surface area contributed by atoms with E-state index in [1.807, 2.05) is 0 Å². The number of halogens is 1. The van der Waals surface area contributed by atoms with E-state index >= 15 is 0 Å². The zero-order valence-corrected chi connectivity index (χ0v) is 15.8. The molecule has 0 amide bonds. The summed E-state index contributed by atoms with van der Waals surface area (Å²) in [5, 5.41) is 0. The molecule has 3 rings (SSSR count). The van der Waals surface area contributed by atoms with Crippen LogP contribution < -0.4 is 0 Å². The van der Waals surface area contributed by atoms with Gasteiger partial charge in [-0.25, -0.2) is 0 Å². The van der Waals surface area contributed by atoms with Gasteiger partial charge in [-0.2, -0.15) is 0 Å². The molecule has 0 aromatic rings. The summed E-state index contributed by atoms with van der Waals surface area (Å²) in [4.78, 5) is 0. The second kappa shape index (κ2) is 6.68. The molecule has 0 N–H and O–H groups in total. The van der Waals surface area contributed by atoms with E-state index in [1.165, 1.54) is 96.3 Å². The minimum absolute atomic E-state index is 0.914. The van der Waals surface area contributed by atoms with Gasteiger partial charge in [-0.05, 0) is 0 Å². The molecular weight excluding hydrogens is 295 g/mol. The van der Waals surface area contributed by atoms with E-state index in [1.54, 1.807) is 0 Å². The van der Waals surface area contributed by atoms with Gasteiger partial charge < -0.3 is 0 Å². The number of rotatable bonds is 3. The van der Waals surface area contributed by atoms with Crippen LogP contribution in [0.1, 0.15) is 96.3 Å². The summed E-state index contributed by atoms with van der Waals surface area (Å²) in [5.41, 5.74) is 2.74. The third-order valence-electron chi connectivity index (χ3n) is 7.50. The van der Waals surface area contributed by atoms with Crippen LogP contribution in [-0.2, 0) is 0 Å². The van der Waals surface area contributed by atoms with Crippen molar-refractivity contribution < 1.29 is 0 Å². The van der Waals surface area contributed by atoms with E-state index in [4.69, 9.17) is 11.2 Å². The Morgan fingerprint density at radius 3 is 1.00 bits per heavy atom. The molecule has 0 aliphatic heterocycles. The van der Waals surface area contributed by atoms with E-state index in [-0.39, 0.29) is 0 Å². The molecule has 21 heavy (non-hydrogen) atoms. The van der Waals surface area contributed by atoms with E-state index in [2.05, 4.69) is 6.66 Å². The minimum atomic E-state index is -2.07. The fourth-order valence-electron chi connectivity index (χ4n) is 6.10. The number of hydrogen-bond donors (Lipinski definition) is 0. The molecule has 0 aromatic carbocycles. The average molecular weight is 331 g/mol. The molecule has 0 heterocycles. The van der Waals surface area contributed by atoms with Gasteiger partial charge in [-0.3, -0.25) is 0 Å². The predicted octanol–water partition coefficient (Wildman–Crippen LogP) is 7.32. The molecule has 0 aromatic heterocycles. The van der Waals surface area contributed by atoms with Crippen molar-refractivity contribution in [2.24, 2.45) is 0 Å². The quantitative estimate of drug-likeness (QED) is 0.475. The fourth-order valence-corrected chi connectivity index (χ4v) is 14.7. The molecule has 124 valence electrons. The number of hydrogen-bond acceptors (Lipinski definition) is 0. The Morgan fingerprint density at radius 2 is 0.762 bits per heavy atom. The van der Waals surface area contributed by atoms with Crippen LogP contribution in [0.4, 0.5) is 0 Å². The Labute approximate surface area is 137 Å². The van der Waals surface area contributed by atoms with Crippen LogP contribution in [0.25, 0.3) is 0 Å². The standard InChI is InChI=1S/C19H36ClP/c1-21(20,17-11-5-2-6-12-17,18-13-7-3-8-14-18)19-15-9-4-10-16-19/h17-19H,2-16H2,1H3. The van der Waals surface area contributed by atoms with Crippen molar-refractivity contribution in [1.29, 1.82) is 0 Å². The Balaban J connectivity index is 1.90. The van der Waals surface area contributed by atoms with Gasteiger partial charge >= 0.3 is 137 Å². The van der Waals surface area contributed by atoms with Crippen LogP contribution in [0.15, 0.2) is 0 Å². The molecule has 0 saturated heterocycles. The van der Waals surface area contributed by atoms with Crippen LogP contribution >= 0.6 is 17.2 Å². The zero-order valence-electron chi connectivity index (χ0n) is 14.2. The second-order valence-corrected chi connectivity index (χ2v) is 16.9. The van der Waals surface area contributed by atoms with Gasteiger partial charge in [0.25, 0.3) is 0 Å². The summed E-state index contributed by atoms with van der Waals surface area (Å²) in [5.74, 6) is -2.07. The van der Waals surface area contributed by atoms with Crippen molar-refractivity contribution >= 4 is 17.2 Å². The van der Waals surface area contributed by atoms with Crippen LogP contribution in [0.5, 0.6) is 0 Å². The van der Waals surface area contributed by atoms with Gasteiger partial charge in [0.15, 0.2) is 0 Å². The molecule has 0 unspecified atom stereocenters. The van der Waals surface area contributed by atoms with E-state index in [0.717, 1.165) is 17.0 Å². The topological polar surface area (TPSA) is 0 Å². The molecular formula is C19H36ClP. The molecule has 0 spiro atoms. The maximum atomic E-state index is 7.96. The molecule has 3 aliphatic rings. The Morgan fingerprint density at radius 1 is 0.524 bits per heavy atom. The summed E-state index contributed by atoms with van der Waals surface area (Å²) in [6, 6.07) is 0. The van der Waals surface area contributed by atoms with Gasteiger partial charge in [0.1, 0.15) is 0 Å². The first-order valence-electron chi connectivity index (χ1n) is 9.84. The maximum absolute atomic E-state index is 7.96. The SMILES string of the molecule is CP(Cl)(C1CCCCC1)(C1CCCCC1)C1CCCCC1. The first kappa shape index (κ1) is 16.6. The Bertz CT molecular complexity index is 281. The third-order valence-corrected chi connectivity index (χ3v) is 17.1. The fraction of sp³-hybridized carbons (Fsp3) is 1.00. The molecule has 0 nitrogen and oxygen atoms in total. The van der Waals surface area contributed by atoms with E-state index < -0.39 is 5.96 Å². The van der Waals surface area contributed by atoms with E-state index in [9.17, 15) is 0 Å². The van der Waals surface area contributed by atoms with Gasteiger partial charge in [0.2, 0.25) is 0 Å². The zero-order chi connectivity index (χ0) is 14.8. The first-order valence-corrected chi connectivity index (χ1v) is 13.6. The third kappa shape index (κ3) is 3.06. The summed E-state index contributed by atoms with van der Waals surface area (Å²) >= 11 is 7.96. The van der Waals surface area contributed by atoms with Crippen molar-refractivity contribution in [2.45, 2.75) is 113 Å². The summed E-state index contributed by atoms with van der Waals surface area (Å²) in [6.45, 7) is 2.68. The average Bonchev–Trinajstić information content (AvgIpc) is 2.57. The molecule has 0 atom stereocenters. The van der Waals surface area contributed by atoms with Crippen molar-refractivity contribution in [3.63, 3.8) is 0 Å². The van der Waals surface area contributed by atoms with Crippen LogP contribution in [0.2, 0.25) is 0 Å². The first-order chi connectivity index (χ1) is 10.1. The van der Waals surface area contributed by atoms with Crippen molar-refractivity contribution in [3.05, 3.63) is 0 Å². The molecule has 3 fully saturated rings. The van der Waals surface area contributed by atoms with Gasteiger partial charge in [-0.1, -0.05) is 0 Å². The van der Waals surface area contributed by atoms with Crippen molar-refractivity contribution in [3.8, 4) is 0 Å². The van der Waals surface area contributed by atoms with Crippen LogP contribution in [0, 0.1) is 0 Å². The molecule has 3 saturated carbocycles. The van der Waals surface area contributed by atoms with Gasteiger partial charge in [0, 0.05) is 0 Å². The monoisotopic (exact) mass is 330 g/mol. The second-order valence-electron chi connectivity index (χ2n) is 8.56. The van der Waals surface area contributed by atoms with Crippen LogP contribution in [-0.4, -0.2) is 23.6 Å². The van der Waals surface area contributed by atoms with Gasteiger partial charge in [-0.15, -0.1) is 0 Å². The molecule has 2 heteroatoms. The molecule has 3 aliphatic carbocycles. The summed E-state index contributed by atoms with van der Waals surface area (Å²) in [7, 11) is 0. The molecule has 0 bridgehead atoms. The van der Waals surface area contributed by atoms with Crippen LogP contribution in [0.3, 0.4) is 0 Å².